The van der Waals surface area contributed by atoms with Crippen LogP contribution in [-0.4, -0.2) is 29.0 Å². The van der Waals surface area contributed by atoms with E-state index in [1.165, 1.54) is 6.07 Å². The molecule has 0 saturated carbocycles. The Kier molecular flexibility index (Phi) is 5.15. The first kappa shape index (κ1) is 13.7. The molecule has 1 aromatic carbocycles. The van der Waals surface area contributed by atoms with Crippen LogP contribution < -0.4 is 0 Å². The molecule has 5 heteroatoms. The molecular weight excluding hydrogens is 288 g/mol. The zero-order valence-corrected chi connectivity index (χ0v) is 11.0. The molecule has 0 heterocycles. The van der Waals surface area contributed by atoms with Crippen molar-refractivity contribution < 1.29 is 19.4 Å². The van der Waals surface area contributed by atoms with E-state index in [0.717, 1.165) is 11.8 Å². The number of carbonyl (C=O) groups is 2. The lowest BCUT2D eigenvalue weighted by molar-refractivity contribution is 0.0506. The highest BCUT2D eigenvalue weighted by Crippen LogP contribution is 2.12. The molecule has 0 aromatic heterocycles. The molecule has 1 aromatic rings. The van der Waals surface area contributed by atoms with Crippen molar-refractivity contribution in [3.8, 4) is 0 Å². The maximum atomic E-state index is 11.6. The number of carbonyl (C=O) groups excluding carboxylic acids is 1. The van der Waals surface area contributed by atoms with E-state index < -0.39 is 11.9 Å². The largest absolute Gasteiger partial charge is 0.478 e. The number of esters is 1. The van der Waals surface area contributed by atoms with Crippen molar-refractivity contribution >= 4 is 27.9 Å². The van der Waals surface area contributed by atoms with E-state index in [9.17, 15) is 9.59 Å². The SMILES string of the molecule is Cc1ccc(C(=O)OCCCBr)cc1C(=O)O. The standard InChI is InChI=1S/C12H13BrO4/c1-8-3-4-9(7-10(8)11(14)15)12(16)17-6-2-5-13/h3-4,7H,2,5-6H2,1H3,(H,14,15). The number of benzene rings is 1. The van der Waals surface area contributed by atoms with Gasteiger partial charge in [-0.3, -0.25) is 0 Å². The summed E-state index contributed by atoms with van der Waals surface area (Å²) in [5.41, 5.74) is 1.01. The first-order chi connectivity index (χ1) is 8.06. The summed E-state index contributed by atoms with van der Waals surface area (Å²) >= 11 is 3.23. The number of rotatable bonds is 5. The second-order valence-electron chi connectivity index (χ2n) is 3.51. The molecule has 0 bridgehead atoms. The van der Waals surface area contributed by atoms with Crippen LogP contribution in [-0.2, 0) is 4.74 Å². The molecule has 1 rings (SSSR count). The molecule has 4 nitrogen and oxygen atoms in total. The number of ether oxygens (including phenoxy) is 1. The van der Waals surface area contributed by atoms with Gasteiger partial charge in [0.15, 0.2) is 0 Å². The van der Waals surface area contributed by atoms with Crippen molar-refractivity contribution in [2.24, 2.45) is 0 Å². The fraction of sp³-hybridized carbons (Fsp3) is 0.333. The zero-order chi connectivity index (χ0) is 12.8. The summed E-state index contributed by atoms with van der Waals surface area (Å²) in [6.07, 6.45) is 0.726. The van der Waals surface area contributed by atoms with E-state index in [-0.39, 0.29) is 11.1 Å². The van der Waals surface area contributed by atoms with Crippen LogP contribution >= 0.6 is 15.9 Å². The summed E-state index contributed by atoms with van der Waals surface area (Å²) < 4.78 is 4.98. The summed E-state index contributed by atoms with van der Waals surface area (Å²) in [5, 5.41) is 9.69. The number of carboxylic acid groups (broad SMARTS) is 1. The van der Waals surface area contributed by atoms with Gasteiger partial charge < -0.3 is 9.84 Å². The minimum absolute atomic E-state index is 0.125. The second-order valence-corrected chi connectivity index (χ2v) is 4.31. The van der Waals surface area contributed by atoms with Crippen molar-refractivity contribution in [2.75, 3.05) is 11.9 Å². The van der Waals surface area contributed by atoms with Crippen molar-refractivity contribution in [1.29, 1.82) is 0 Å². The van der Waals surface area contributed by atoms with Crippen LogP contribution in [0.1, 0.15) is 32.7 Å². The van der Waals surface area contributed by atoms with Gasteiger partial charge in [-0.05, 0) is 31.0 Å². The van der Waals surface area contributed by atoms with Crippen LogP contribution in [0.3, 0.4) is 0 Å². The number of halogens is 1. The molecule has 0 aliphatic rings. The summed E-state index contributed by atoms with van der Waals surface area (Å²) in [6, 6.07) is 4.51. The van der Waals surface area contributed by atoms with Crippen LogP contribution in [0.5, 0.6) is 0 Å². The van der Waals surface area contributed by atoms with Gasteiger partial charge in [-0.1, -0.05) is 22.0 Å². The lowest BCUT2D eigenvalue weighted by Crippen LogP contribution is -2.09. The molecule has 0 radical (unpaired) electrons. The average molecular weight is 301 g/mol. The van der Waals surface area contributed by atoms with Crippen LogP contribution in [0.25, 0.3) is 0 Å². The predicted molar refractivity (Wildman–Crippen MR) is 66.8 cm³/mol. The molecule has 17 heavy (non-hydrogen) atoms. The third-order valence-corrected chi connectivity index (χ3v) is 2.78. The lowest BCUT2D eigenvalue weighted by Gasteiger charge is -2.06. The van der Waals surface area contributed by atoms with Gasteiger partial charge >= 0.3 is 11.9 Å². The molecule has 0 aliphatic carbocycles. The van der Waals surface area contributed by atoms with Crippen molar-refractivity contribution in [2.45, 2.75) is 13.3 Å². The Morgan fingerprint density at radius 3 is 2.71 bits per heavy atom. The average Bonchev–Trinajstić information content (AvgIpc) is 2.29. The normalized spacial score (nSPS) is 10.0. The highest BCUT2D eigenvalue weighted by molar-refractivity contribution is 9.09. The molecule has 0 saturated heterocycles. The van der Waals surface area contributed by atoms with Gasteiger partial charge in [0.25, 0.3) is 0 Å². The minimum Gasteiger partial charge on any atom is -0.478 e. The van der Waals surface area contributed by atoms with Gasteiger partial charge in [0.05, 0.1) is 17.7 Å². The smallest absolute Gasteiger partial charge is 0.338 e. The van der Waals surface area contributed by atoms with E-state index in [1.54, 1.807) is 19.1 Å². The van der Waals surface area contributed by atoms with E-state index in [4.69, 9.17) is 9.84 Å². The Bertz CT molecular complexity index is 429. The van der Waals surface area contributed by atoms with Crippen LogP contribution in [0.4, 0.5) is 0 Å². The summed E-state index contributed by atoms with van der Waals surface area (Å²) in [4.78, 5) is 22.5. The molecule has 92 valence electrons. The summed E-state index contributed by atoms with van der Waals surface area (Å²) in [6.45, 7) is 2.00. The zero-order valence-electron chi connectivity index (χ0n) is 9.40. The molecule has 0 aliphatic heterocycles. The Morgan fingerprint density at radius 2 is 2.12 bits per heavy atom. The van der Waals surface area contributed by atoms with E-state index in [0.29, 0.717) is 12.2 Å². The van der Waals surface area contributed by atoms with Gasteiger partial charge in [-0.15, -0.1) is 0 Å². The number of aryl methyl sites for hydroxylation is 1. The second kappa shape index (κ2) is 6.39. The summed E-state index contributed by atoms with van der Waals surface area (Å²) in [5.74, 6) is -1.54. The molecule has 0 unspecified atom stereocenters. The topological polar surface area (TPSA) is 63.6 Å². The number of hydrogen-bond acceptors (Lipinski definition) is 3. The Morgan fingerprint density at radius 1 is 1.41 bits per heavy atom. The first-order valence-corrected chi connectivity index (χ1v) is 6.25. The molecule has 1 N–H and O–H groups in total. The lowest BCUT2D eigenvalue weighted by atomic mass is 10.1. The van der Waals surface area contributed by atoms with E-state index >= 15 is 0 Å². The highest BCUT2D eigenvalue weighted by Gasteiger charge is 2.12. The minimum atomic E-state index is -1.04. The third kappa shape index (κ3) is 3.85. The maximum Gasteiger partial charge on any atom is 0.338 e. The van der Waals surface area contributed by atoms with Gasteiger partial charge in [0, 0.05) is 5.33 Å². The monoisotopic (exact) mass is 300 g/mol. The quantitative estimate of drug-likeness (QED) is 0.516. The Hall–Kier alpha value is -1.36. The number of hydrogen-bond donors (Lipinski definition) is 1. The van der Waals surface area contributed by atoms with Crippen LogP contribution in [0, 0.1) is 6.92 Å². The predicted octanol–water partition coefficient (Wildman–Crippen LogP) is 2.64. The molecule has 0 amide bonds. The highest BCUT2D eigenvalue weighted by atomic mass is 79.9. The third-order valence-electron chi connectivity index (χ3n) is 2.21. The Labute approximate surface area is 108 Å². The van der Waals surface area contributed by atoms with Gasteiger partial charge in [-0.25, -0.2) is 9.59 Å². The first-order valence-electron chi connectivity index (χ1n) is 5.13. The maximum absolute atomic E-state index is 11.6. The Balaban J connectivity index is 2.81. The van der Waals surface area contributed by atoms with Crippen LogP contribution in [0.15, 0.2) is 18.2 Å². The number of aromatic carboxylic acids is 1. The van der Waals surface area contributed by atoms with Gasteiger partial charge in [0.2, 0.25) is 0 Å². The summed E-state index contributed by atoms with van der Waals surface area (Å²) in [7, 11) is 0. The molecule has 0 spiro atoms. The molecule has 0 fully saturated rings. The van der Waals surface area contributed by atoms with Crippen molar-refractivity contribution in [3.63, 3.8) is 0 Å². The van der Waals surface area contributed by atoms with Crippen molar-refractivity contribution in [3.05, 3.63) is 34.9 Å². The van der Waals surface area contributed by atoms with Gasteiger partial charge in [0.1, 0.15) is 0 Å². The number of alkyl halides is 1. The fourth-order valence-corrected chi connectivity index (χ4v) is 1.51. The molecular formula is C12H13BrO4. The van der Waals surface area contributed by atoms with E-state index in [2.05, 4.69) is 15.9 Å². The number of carboxylic acids is 1. The molecule has 0 atom stereocenters. The fourth-order valence-electron chi connectivity index (χ4n) is 1.28. The van der Waals surface area contributed by atoms with Crippen LogP contribution in [0.2, 0.25) is 0 Å². The van der Waals surface area contributed by atoms with E-state index in [1.807, 2.05) is 0 Å². The van der Waals surface area contributed by atoms with Gasteiger partial charge in [-0.2, -0.15) is 0 Å². The van der Waals surface area contributed by atoms with Crippen molar-refractivity contribution in [1.82, 2.24) is 0 Å².